The minimum atomic E-state index is -3.74. The molecular formula is C13H17NO5S2. The zero-order valence-corrected chi connectivity index (χ0v) is 13.2. The maximum Gasteiger partial charge on any atom is 0.339 e. The Labute approximate surface area is 128 Å². The zero-order chi connectivity index (χ0) is 15.9. The van der Waals surface area contributed by atoms with Crippen molar-refractivity contribution in [3.63, 3.8) is 0 Å². The zero-order valence-electron chi connectivity index (χ0n) is 11.5. The molecule has 0 heterocycles. The number of sulfonamides is 1. The average molecular weight is 331 g/mol. The first-order chi connectivity index (χ1) is 9.92. The third kappa shape index (κ3) is 5.07. The van der Waals surface area contributed by atoms with Crippen LogP contribution in [-0.4, -0.2) is 44.7 Å². The Bertz CT molecular complexity index is 613. The Morgan fingerprint density at radius 1 is 1.52 bits per heavy atom. The lowest BCUT2D eigenvalue weighted by atomic mass is 10.2. The molecule has 2 N–H and O–H groups in total. The van der Waals surface area contributed by atoms with Gasteiger partial charge in [-0.15, -0.1) is 6.58 Å². The summed E-state index contributed by atoms with van der Waals surface area (Å²) in [5.74, 6) is 0.217. The number of carboxylic acid groups (broad SMARTS) is 1. The maximum atomic E-state index is 12.1. The number of thioether (sulfide) groups is 1. The Balaban J connectivity index is 2.86. The van der Waals surface area contributed by atoms with E-state index >= 15 is 0 Å². The molecule has 0 aromatic heterocycles. The highest BCUT2D eigenvalue weighted by molar-refractivity contribution is 7.99. The maximum absolute atomic E-state index is 12.1. The van der Waals surface area contributed by atoms with Gasteiger partial charge >= 0.3 is 5.97 Å². The molecule has 0 saturated carbocycles. The van der Waals surface area contributed by atoms with Crippen molar-refractivity contribution in [1.29, 1.82) is 0 Å². The molecule has 0 unspecified atom stereocenters. The van der Waals surface area contributed by atoms with Gasteiger partial charge in [-0.3, -0.25) is 0 Å². The molecule has 0 fully saturated rings. The lowest BCUT2D eigenvalue weighted by molar-refractivity contribution is 0.0693. The number of ether oxygens (including phenoxy) is 1. The van der Waals surface area contributed by atoms with Gasteiger partial charge in [0, 0.05) is 18.1 Å². The van der Waals surface area contributed by atoms with Crippen molar-refractivity contribution in [2.75, 3.05) is 25.2 Å². The van der Waals surface area contributed by atoms with Crippen LogP contribution in [0.1, 0.15) is 10.4 Å². The quantitative estimate of drug-likeness (QED) is 0.527. The molecule has 0 aliphatic rings. The van der Waals surface area contributed by atoms with Crippen molar-refractivity contribution >= 4 is 27.8 Å². The summed E-state index contributed by atoms with van der Waals surface area (Å²) in [5, 5.41) is 9.05. The van der Waals surface area contributed by atoms with E-state index in [0.717, 1.165) is 11.8 Å². The number of hydrogen-bond acceptors (Lipinski definition) is 5. The molecule has 0 spiro atoms. The fraction of sp³-hybridized carbons (Fsp3) is 0.308. The minimum absolute atomic E-state index is 0.102. The van der Waals surface area contributed by atoms with Crippen LogP contribution in [0.2, 0.25) is 0 Å². The van der Waals surface area contributed by atoms with Gasteiger partial charge in [-0.05, 0) is 18.2 Å². The highest BCUT2D eigenvalue weighted by Crippen LogP contribution is 2.22. The van der Waals surface area contributed by atoms with Crippen LogP contribution in [0.4, 0.5) is 0 Å². The number of rotatable bonds is 9. The van der Waals surface area contributed by atoms with Crippen molar-refractivity contribution in [2.45, 2.75) is 4.90 Å². The first-order valence-corrected chi connectivity index (χ1v) is 8.65. The monoisotopic (exact) mass is 331 g/mol. The molecule has 21 heavy (non-hydrogen) atoms. The van der Waals surface area contributed by atoms with E-state index in [0.29, 0.717) is 5.75 Å². The second-order valence-electron chi connectivity index (χ2n) is 3.93. The number of nitrogens with one attached hydrogen (secondary N) is 1. The summed E-state index contributed by atoms with van der Waals surface area (Å²) in [6, 6.07) is 3.72. The highest BCUT2D eigenvalue weighted by Gasteiger charge is 2.18. The van der Waals surface area contributed by atoms with Crippen LogP contribution in [-0.2, 0) is 10.0 Å². The summed E-state index contributed by atoms with van der Waals surface area (Å²) in [4.78, 5) is 11.0. The molecular weight excluding hydrogens is 314 g/mol. The normalized spacial score (nSPS) is 11.1. The van der Waals surface area contributed by atoms with Gasteiger partial charge in [0.2, 0.25) is 10.0 Å². The first kappa shape index (κ1) is 17.5. The number of carbonyl (C=O) groups is 1. The van der Waals surface area contributed by atoms with E-state index in [1.807, 2.05) is 0 Å². The Morgan fingerprint density at radius 3 is 2.81 bits per heavy atom. The molecule has 0 saturated heterocycles. The van der Waals surface area contributed by atoms with Crippen molar-refractivity contribution in [2.24, 2.45) is 0 Å². The minimum Gasteiger partial charge on any atom is -0.496 e. The summed E-state index contributed by atoms with van der Waals surface area (Å²) >= 11 is 1.54. The van der Waals surface area contributed by atoms with Gasteiger partial charge in [0.15, 0.2) is 0 Å². The average Bonchev–Trinajstić information content (AvgIpc) is 2.46. The third-order valence-corrected chi connectivity index (χ3v) is 4.91. The summed E-state index contributed by atoms with van der Waals surface area (Å²) in [7, 11) is -2.41. The van der Waals surface area contributed by atoms with Gasteiger partial charge in [-0.25, -0.2) is 17.9 Å². The summed E-state index contributed by atoms with van der Waals surface area (Å²) in [5.41, 5.74) is -0.193. The van der Waals surface area contributed by atoms with Gasteiger partial charge in [0.25, 0.3) is 0 Å². The van der Waals surface area contributed by atoms with E-state index in [1.54, 1.807) is 17.8 Å². The number of aromatic carboxylic acids is 1. The van der Waals surface area contributed by atoms with E-state index in [9.17, 15) is 13.2 Å². The van der Waals surface area contributed by atoms with Gasteiger partial charge in [-0.1, -0.05) is 6.08 Å². The van der Waals surface area contributed by atoms with Crippen LogP contribution in [0.25, 0.3) is 0 Å². The van der Waals surface area contributed by atoms with Crippen LogP contribution >= 0.6 is 11.8 Å². The smallest absolute Gasteiger partial charge is 0.339 e. The second kappa shape index (κ2) is 8.06. The van der Waals surface area contributed by atoms with Gasteiger partial charge in [0.05, 0.1) is 12.0 Å². The molecule has 0 radical (unpaired) electrons. The summed E-state index contributed by atoms with van der Waals surface area (Å²) in [6.45, 7) is 3.83. The van der Waals surface area contributed by atoms with Crippen molar-refractivity contribution in [3.8, 4) is 5.75 Å². The second-order valence-corrected chi connectivity index (χ2v) is 6.85. The van der Waals surface area contributed by atoms with E-state index < -0.39 is 16.0 Å². The number of carboxylic acids is 1. The fourth-order valence-corrected chi connectivity index (χ4v) is 3.29. The SMILES string of the molecule is C=CCSCCNS(=O)(=O)c1ccc(OC)c(C(=O)O)c1. The molecule has 1 aromatic rings. The molecule has 6 nitrogen and oxygen atoms in total. The molecule has 0 aliphatic heterocycles. The molecule has 1 rings (SSSR count). The van der Waals surface area contributed by atoms with E-state index in [4.69, 9.17) is 9.84 Å². The molecule has 0 amide bonds. The first-order valence-electron chi connectivity index (χ1n) is 6.02. The Hall–Kier alpha value is -1.51. The van der Waals surface area contributed by atoms with Gasteiger partial charge in [-0.2, -0.15) is 11.8 Å². The fourth-order valence-electron chi connectivity index (χ4n) is 1.52. The van der Waals surface area contributed by atoms with Crippen LogP contribution in [0.15, 0.2) is 35.7 Å². The van der Waals surface area contributed by atoms with Crippen molar-refractivity contribution in [3.05, 3.63) is 36.4 Å². The van der Waals surface area contributed by atoms with Crippen molar-refractivity contribution in [1.82, 2.24) is 4.72 Å². The molecule has 0 atom stereocenters. The van der Waals surface area contributed by atoms with Gasteiger partial charge in [0.1, 0.15) is 11.3 Å². The topological polar surface area (TPSA) is 92.7 Å². The Morgan fingerprint density at radius 2 is 2.24 bits per heavy atom. The predicted molar refractivity (Wildman–Crippen MR) is 82.7 cm³/mol. The van der Waals surface area contributed by atoms with Gasteiger partial charge < -0.3 is 9.84 Å². The Kier molecular flexibility index (Phi) is 6.73. The van der Waals surface area contributed by atoms with E-state index in [1.165, 1.54) is 19.2 Å². The van der Waals surface area contributed by atoms with Crippen LogP contribution < -0.4 is 9.46 Å². The van der Waals surface area contributed by atoms with Crippen LogP contribution in [0, 0.1) is 0 Å². The van der Waals surface area contributed by atoms with Crippen molar-refractivity contribution < 1.29 is 23.1 Å². The van der Waals surface area contributed by atoms with E-state index in [2.05, 4.69) is 11.3 Å². The highest BCUT2D eigenvalue weighted by atomic mass is 32.2. The van der Waals surface area contributed by atoms with Crippen LogP contribution in [0.5, 0.6) is 5.75 Å². The van der Waals surface area contributed by atoms with Crippen LogP contribution in [0.3, 0.4) is 0 Å². The predicted octanol–water partition coefficient (Wildman–Crippen LogP) is 1.59. The standard InChI is InChI=1S/C13H17NO5S2/c1-3-7-20-8-6-14-21(17,18)10-4-5-12(19-2)11(9-10)13(15)16/h3-5,9,14H,1,6-8H2,2H3,(H,15,16). The molecule has 0 aliphatic carbocycles. The summed E-state index contributed by atoms with van der Waals surface area (Å²) in [6.07, 6.45) is 1.74. The molecule has 0 bridgehead atoms. The molecule has 1 aromatic carbocycles. The summed E-state index contributed by atoms with van der Waals surface area (Å²) < 4.78 is 31.4. The number of hydrogen-bond donors (Lipinski definition) is 2. The van der Waals surface area contributed by atoms with E-state index in [-0.39, 0.29) is 22.8 Å². The number of benzene rings is 1. The third-order valence-electron chi connectivity index (χ3n) is 2.49. The molecule has 116 valence electrons. The lowest BCUT2D eigenvalue weighted by Gasteiger charge is -2.09. The lowest BCUT2D eigenvalue weighted by Crippen LogP contribution is -2.26. The molecule has 8 heteroatoms. The number of methoxy groups -OCH3 is 1. The largest absolute Gasteiger partial charge is 0.496 e.